The maximum Gasteiger partial charge on any atom is 0.254 e. The molecule has 1 aromatic heterocycles. The Morgan fingerprint density at radius 3 is 2.59 bits per heavy atom. The highest BCUT2D eigenvalue weighted by Gasteiger charge is 2.37. The lowest BCUT2D eigenvalue weighted by molar-refractivity contribution is 0.0732. The van der Waals surface area contributed by atoms with Crippen LogP contribution in [0.5, 0.6) is 0 Å². The third-order valence-electron chi connectivity index (χ3n) is 4.81. The molecule has 2 heterocycles. The Morgan fingerprint density at radius 1 is 1.21 bits per heavy atom. The van der Waals surface area contributed by atoms with Gasteiger partial charge in [-0.2, -0.15) is 4.98 Å². The van der Waals surface area contributed by atoms with Crippen LogP contribution >= 0.6 is 0 Å². The van der Waals surface area contributed by atoms with E-state index in [9.17, 15) is 4.79 Å². The minimum absolute atomic E-state index is 0.124. The summed E-state index contributed by atoms with van der Waals surface area (Å²) >= 11 is 0. The molecule has 2 aromatic carbocycles. The van der Waals surface area contributed by atoms with Crippen molar-refractivity contribution in [3.8, 4) is 11.1 Å². The van der Waals surface area contributed by atoms with Crippen molar-refractivity contribution in [1.29, 1.82) is 0 Å². The van der Waals surface area contributed by atoms with E-state index in [0.717, 1.165) is 16.8 Å². The number of amides is 1. The first-order valence-corrected chi connectivity index (χ1v) is 9.21. The molecular weight excluding hydrogens is 368 g/mol. The zero-order valence-corrected chi connectivity index (χ0v) is 16.0. The van der Waals surface area contributed by atoms with Gasteiger partial charge in [0.2, 0.25) is 5.89 Å². The fourth-order valence-corrected chi connectivity index (χ4v) is 3.41. The summed E-state index contributed by atoms with van der Waals surface area (Å²) in [5, 5.41) is 8.02. The summed E-state index contributed by atoms with van der Waals surface area (Å²) in [6.07, 6.45) is 1.96. The molecule has 7 heteroatoms. The lowest BCUT2D eigenvalue weighted by Crippen LogP contribution is -2.31. The first-order valence-electron chi connectivity index (χ1n) is 9.21. The summed E-state index contributed by atoms with van der Waals surface area (Å²) in [4.78, 5) is 24.1. The first kappa shape index (κ1) is 18.6. The largest absolute Gasteiger partial charge is 0.399 e. The first-order chi connectivity index (χ1) is 14.2. The van der Waals surface area contributed by atoms with Crippen molar-refractivity contribution in [2.75, 3.05) is 13.7 Å². The Bertz CT molecular complexity index is 1040. The summed E-state index contributed by atoms with van der Waals surface area (Å²) in [6.45, 7) is 3.97. The number of likely N-dealkylation sites (tertiary alicyclic amines) is 1. The molecule has 1 atom stereocenters. The van der Waals surface area contributed by atoms with E-state index in [4.69, 9.17) is 9.36 Å². The maximum absolute atomic E-state index is 13.2. The number of aromatic nitrogens is 2. The van der Waals surface area contributed by atoms with E-state index in [1.54, 1.807) is 4.90 Å². The van der Waals surface area contributed by atoms with Crippen LogP contribution in [0.25, 0.3) is 17.2 Å². The number of nitrogens with zero attached hydrogens (tertiary/aromatic N) is 4. The van der Waals surface area contributed by atoms with Crippen molar-refractivity contribution < 1.29 is 14.2 Å². The normalized spacial score (nSPS) is 17.5. The second-order valence-corrected chi connectivity index (χ2v) is 6.63. The zero-order chi connectivity index (χ0) is 20.2. The smallest absolute Gasteiger partial charge is 0.254 e. The van der Waals surface area contributed by atoms with Crippen LogP contribution in [0.15, 0.2) is 70.9 Å². The minimum atomic E-state index is -0.373. The van der Waals surface area contributed by atoms with E-state index in [-0.39, 0.29) is 11.9 Å². The standard InChI is InChI=1S/C22H20N4O3/c1-3-20-23-21(25-29-20)19-13-18(24-28-2)14-26(19)22(27)17-11-9-16(10-12-17)15-7-5-4-6-8-15/h3-12,19H,1,13-14H2,2H3/t19-/m0/s1. The highest BCUT2D eigenvalue weighted by atomic mass is 16.6. The molecular formula is C22H20N4O3. The molecule has 0 bridgehead atoms. The van der Waals surface area contributed by atoms with Crippen molar-refractivity contribution in [2.24, 2.45) is 5.16 Å². The number of rotatable bonds is 5. The van der Waals surface area contributed by atoms with E-state index in [1.165, 1.54) is 13.2 Å². The van der Waals surface area contributed by atoms with Gasteiger partial charge in [-0.3, -0.25) is 4.79 Å². The van der Waals surface area contributed by atoms with Crippen LogP contribution < -0.4 is 0 Å². The zero-order valence-electron chi connectivity index (χ0n) is 16.0. The van der Waals surface area contributed by atoms with Crippen molar-refractivity contribution in [3.63, 3.8) is 0 Å². The fraction of sp³-hybridized carbons (Fsp3) is 0.182. The van der Waals surface area contributed by atoms with Gasteiger partial charge in [-0.1, -0.05) is 59.4 Å². The van der Waals surface area contributed by atoms with E-state index < -0.39 is 0 Å². The third-order valence-corrected chi connectivity index (χ3v) is 4.81. The molecule has 146 valence electrons. The molecule has 1 aliphatic heterocycles. The Labute approximate surface area is 168 Å². The molecule has 1 amide bonds. The second-order valence-electron chi connectivity index (χ2n) is 6.63. The van der Waals surface area contributed by atoms with Gasteiger partial charge in [0.15, 0.2) is 5.82 Å². The number of hydrogen-bond donors (Lipinski definition) is 0. The molecule has 3 aromatic rings. The Morgan fingerprint density at radius 2 is 1.93 bits per heavy atom. The molecule has 0 unspecified atom stereocenters. The quantitative estimate of drug-likeness (QED) is 0.618. The van der Waals surface area contributed by atoms with Crippen molar-refractivity contribution in [2.45, 2.75) is 12.5 Å². The average molecular weight is 388 g/mol. The van der Waals surface area contributed by atoms with Gasteiger partial charge in [0.25, 0.3) is 5.91 Å². The summed E-state index contributed by atoms with van der Waals surface area (Å²) < 4.78 is 5.13. The average Bonchev–Trinajstić information content (AvgIpc) is 3.41. The number of hydrogen-bond acceptors (Lipinski definition) is 6. The molecule has 0 saturated carbocycles. The molecule has 4 rings (SSSR count). The molecule has 7 nitrogen and oxygen atoms in total. The van der Waals surface area contributed by atoms with Crippen LogP contribution in [0, 0.1) is 0 Å². The summed E-state index contributed by atoms with van der Waals surface area (Å²) in [6, 6.07) is 17.2. The highest BCUT2D eigenvalue weighted by molar-refractivity contribution is 6.00. The Hall–Kier alpha value is -3.74. The predicted molar refractivity (Wildman–Crippen MR) is 109 cm³/mol. The predicted octanol–water partition coefficient (Wildman–Crippen LogP) is 3.97. The summed E-state index contributed by atoms with van der Waals surface area (Å²) in [7, 11) is 1.49. The van der Waals surface area contributed by atoms with Crippen LogP contribution in [0.1, 0.15) is 34.5 Å². The van der Waals surface area contributed by atoms with Gasteiger partial charge in [-0.05, 0) is 29.3 Å². The highest BCUT2D eigenvalue weighted by Crippen LogP contribution is 2.31. The van der Waals surface area contributed by atoms with Gasteiger partial charge >= 0.3 is 0 Å². The lowest BCUT2D eigenvalue weighted by atomic mass is 10.0. The van der Waals surface area contributed by atoms with Gasteiger partial charge in [0.1, 0.15) is 13.2 Å². The topological polar surface area (TPSA) is 80.8 Å². The maximum atomic E-state index is 13.2. The van der Waals surface area contributed by atoms with E-state index >= 15 is 0 Å². The van der Waals surface area contributed by atoms with Crippen molar-refractivity contribution >= 4 is 17.7 Å². The van der Waals surface area contributed by atoms with Crippen LogP contribution in [-0.4, -0.2) is 40.3 Å². The van der Waals surface area contributed by atoms with Gasteiger partial charge in [-0.15, -0.1) is 0 Å². The Balaban J connectivity index is 1.61. The van der Waals surface area contributed by atoms with Crippen LogP contribution in [0.3, 0.4) is 0 Å². The van der Waals surface area contributed by atoms with Crippen molar-refractivity contribution in [3.05, 3.63) is 78.5 Å². The van der Waals surface area contributed by atoms with Crippen LogP contribution in [0.4, 0.5) is 0 Å². The number of carbonyl (C=O) groups is 1. The third kappa shape index (κ3) is 3.80. The van der Waals surface area contributed by atoms with Crippen molar-refractivity contribution in [1.82, 2.24) is 15.0 Å². The Kier molecular flexibility index (Phi) is 5.20. The monoisotopic (exact) mass is 388 g/mol. The van der Waals surface area contributed by atoms with Gasteiger partial charge in [-0.25, -0.2) is 0 Å². The molecule has 0 aliphatic carbocycles. The van der Waals surface area contributed by atoms with E-state index in [1.807, 2.05) is 54.6 Å². The molecule has 1 fully saturated rings. The molecule has 1 aliphatic rings. The summed E-state index contributed by atoms with van der Waals surface area (Å²) in [5.74, 6) is 0.619. The summed E-state index contributed by atoms with van der Waals surface area (Å²) in [5.41, 5.74) is 3.48. The lowest BCUT2D eigenvalue weighted by Gasteiger charge is -2.21. The minimum Gasteiger partial charge on any atom is -0.399 e. The van der Waals surface area contributed by atoms with Gasteiger partial charge in [0.05, 0.1) is 12.3 Å². The van der Waals surface area contributed by atoms with Crippen LogP contribution in [0.2, 0.25) is 0 Å². The van der Waals surface area contributed by atoms with E-state index in [2.05, 4.69) is 21.9 Å². The van der Waals surface area contributed by atoms with Gasteiger partial charge in [0, 0.05) is 12.0 Å². The number of benzene rings is 2. The number of carbonyl (C=O) groups excluding carboxylic acids is 1. The molecule has 29 heavy (non-hydrogen) atoms. The molecule has 0 radical (unpaired) electrons. The fourth-order valence-electron chi connectivity index (χ4n) is 3.41. The second kappa shape index (κ2) is 8.10. The molecule has 1 saturated heterocycles. The van der Waals surface area contributed by atoms with Crippen LogP contribution in [-0.2, 0) is 4.84 Å². The number of oxime groups is 1. The van der Waals surface area contributed by atoms with Gasteiger partial charge < -0.3 is 14.3 Å². The SMILES string of the molecule is C=Cc1nc([C@@H]2CC(=NOC)CN2C(=O)c2ccc(-c3ccccc3)cc2)no1. The van der Waals surface area contributed by atoms with E-state index in [0.29, 0.717) is 30.2 Å². The molecule has 0 N–H and O–H groups in total. The molecule has 0 spiro atoms.